The Morgan fingerprint density at radius 2 is 1.89 bits per heavy atom. The lowest BCUT2D eigenvalue weighted by atomic mass is 10.2. The average molecular weight is 307 g/mol. The number of benzene rings is 1. The first-order chi connectivity index (χ1) is 8.52. The second-order valence-electron chi connectivity index (χ2n) is 3.73. The van der Waals surface area contributed by atoms with Gasteiger partial charge in [0.2, 0.25) is 0 Å². The topological polar surface area (TPSA) is 50.9 Å². The van der Waals surface area contributed by atoms with Crippen LogP contribution in [0.3, 0.4) is 0 Å². The van der Waals surface area contributed by atoms with Crippen LogP contribution in [-0.4, -0.2) is 20.1 Å². The van der Waals surface area contributed by atoms with Gasteiger partial charge >= 0.3 is 0 Å². The minimum absolute atomic E-state index is 0.370. The molecule has 2 rings (SSSR count). The van der Waals surface area contributed by atoms with Crippen molar-refractivity contribution in [3.8, 4) is 5.69 Å². The van der Waals surface area contributed by atoms with Crippen LogP contribution in [0.2, 0.25) is 15.1 Å². The first-order valence-corrected chi connectivity index (χ1v) is 6.41. The molecule has 1 atom stereocenters. The molecule has 0 amide bonds. The highest BCUT2D eigenvalue weighted by atomic mass is 35.5. The van der Waals surface area contributed by atoms with E-state index in [1.165, 1.54) is 4.68 Å². The Balaban J connectivity index is 2.46. The Labute approximate surface area is 119 Å². The maximum atomic E-state index is 9.67. The van der Waals surface area contributed by atoms with Gasteiger partial charge in [-0.1, -0.05) is 46.9 Å². The molecule has 4 nitrogen and oxygen atoms in total. The molecular formula is C11H10Cl3N3O. The molecular weight excluding hydrogens is 296 g/mol. The quantitative estimate of drug-likeness (QED) is 0.941. The van der Waals surface area contributed by atoms with Crippen molar-refractivity contribution in [2.24, 2.45) is 0 Å². The van der Waals surface area contributed by atoms with Gasteiger partial charge in [0.05, 0.1) is 22.3 Å². The Bertz CT molecular complexity index is 547. The first kappa shape index (κ1) is 13.6. The summed E-state index contributed by atoms with van der Waals surface area (Å²) in [5.74, 6) is 0. The summed E-state index contributed by atoms with van der Waals surface area (Å²) in [7, 11) is 0. The predicted octanol–water partition coefficient (Wildman–Crippen LogP) is 3.67. The molecule has 7 heteroatoms. The maximum Gasteiger partial charge on any atom is 0.112 e. The van der Waals surface area contributed by atoms with Crippen LogP contribution in [-0.2, 0) is 0 Å². The minimum Gasteiger partial charge on any atom is -0.387 e. The number of aromatic nitrogens is 3. The Morgan fingerprint density at radius 1 is 1.28 bits per heavy atom. The highest BCUT2D eigenvalue weighted by Crippen LogP contribution is 2.32. The van der Waals surface area contributed by atoms with Crippen LogP contribution in [0.1, 0.15) is 25.1 Å². The van der Waals surface area contributed by atoms with Crippen molar-refractivity contribution in [3.63, 3.8) is 0 Å². The van der Waals surface area contributed by atoms with E-state index in [1.54, 1.807) is 18.3 Å². The van der Waals surface area contributed by atoms with Gasteiger partial charge in [-0.25, -0.2) is 4.68 Å². The monoisotopic (exact) mass is 305 g/mol. The zero-order valence-electron chi connectivity index (χ0n) is 9.44. The molecule has 0 spiro atoms. The summed E-state index contributed by atoms with van der Waals surface area (Å²) in [5.41, 5.74) is 0.962. The van der Waals surface area contributed by atoms with E-state index in [-0.39, 0.29) is 0 Å². The summed E-state index contributed by atoms with van der Waals surface area (Å²) in [6.07, 6.45) is 1.50. The van der Waals surface area contributed by atoms with E-state index in [1.807, 2.05) is 6.92 Å². The number of hydrogen-bond donors (Lipinski definition) is 1. The number of halogens is 3. The number of aliphatic hydroxyl groups excluding tert-OH is 1. The molecule has 0 saturated heterocycles. The molecule has 0 saturated carbocycles. The van der Waals surface area contributed by atoms with Crippen LogP contribution in [0.4, 0.5) is 0 Å². The zero-order chi connectivity index (χ0) is 13.3. The molecule has 1 heterocycles. The molecule has 1 unspecified atom stereocenters. The lowest BCUT2D eigenvalue weighted by Crippen LogP contribution is -1.97. The fraction of sp³-hybridized carbons (Fsp3) is 0.273. The van der Waals surface area contributed by atoms with Crippen molar-refractivity contribution < 1.29 is 5.11 Å². The van der Waals surface area contributed by atoms with Crippen molar-refractivity contribution in [1.82, 2.24) is 15.0 Å². The van der Waals surface area contributed by atoms with E-state index < -0.39 is 6.10 Å². The lowest BCUT2D eigenvalue weighted by Gasteiger charge is -2.06. The van der Waals surface area contributed by atoms with Crippen molar-refractivity contribution in [2.45, 2.75) is 19.4 Å². The van der Waals surface area contributed by atoms with Crippen LogP contribution in [0.15, 0.2) is 18.3 Å². The smallest absolute Gasteiger partial charge is 0.112 e. The van der Waals surface area contributed by atoms with Gasteiger partial charge < -0.3 is 5.11 Å². The van der Waals surface area contributed by atoms with Gasteiger partial charge in [0.1, 0.15) is 11.4 Å². The molecule has 18 heavy (non-hydrogen) atoms. The molecule has 2 aromatic rings. The molecule has 1 aromatic carbocycles. The summed E-state index contributed by atoms with van der Waals surface area (Å²) < 4.78 is 1.43. The lowest BCUT2D eigenvalue weighted by molar-refractivity contribution is 0.169. The largest absolute Gasteiger partial charge is 0.387 e. The van der Waals surface area contributed by atoms with Crippen LogP contribution in [0.5, 0.6) is 0 Å². The second kappa shape index (κ2) is 5.45. The van der Waals surface area contributed by atoms with Crippen molar-refractivity contribution in [2.75, 3.05) is 0 Å². The number of nitrogens with zero attached hydrogens (tertiary/aromatic N) is 3. The standard InChI is InChI=1S/C11H10Cl3N3O/c1-2-10(18)9-5-17(16-15-9)11-7(13)3-6(12)4-8(11)14/h3-5,10,18H,2H2,1H3. The average Bonchev–Trinajstić information content (AvgIpc) is 2.76. The number of hydrogen-bond acceptors (Lipinski definition) is 3. The van der Waals surface area contributed by atoms with Crippen LogP contribution >= 0.6 is 34.8 Å². The molecule has 0 aliphatic carbocycles. The molecule has 0 radical (unpaired) electrons. The summed E-state index contributed by atoms with van der Waals surface area (Å²) in [4.78, 5) is 0. The summed E-state index contributed by atoms with van der Waals surface area (Å²) in [6, 6.07) is 3.14. The van der Waals surface area contributed by atoms with E-state index in [0.717, 1.165) is 0 Å². The van der Waals surface area contributed by atoms with Crippen LogP contribution in [0, 0.1) is 0 Å². The first-order valence-electron chi connectivity index (χ1n) is 5.28. The number of rotatable bonds is 3. The minimum atomic E-state index is -0.649. The zero-order valence-corrected chi connectivity index (χ0v) is 11.7. The fourth-order valence-electron chi connectivity index (χ4n) is 1.50. The fourth-order valence-corrected chi connectivity index (χ4v) is 2.49. The molecule has 1 N–H and O–H groups in total. The normalized spacial score (nSPS) is 12.7. The van der Waals surface area contributed by atoms with Crippen molar-refractivity contribution >= 4 is 34.8 Å². The van der Waals surface area contributed by atoms with Crippen molar-refractivity contribution in [1.29, 1.82) is 0 Å². The van der Waals surface area contributed by atoms with E-state index in [9.17, 15) is 5.11 Å². The third-order valence-electron chi connectivity index (χ3n) is 2.45. The van der Waals surface area contributed by atoms with Crippen molar-refractivity contribution in [3.05, 3.63) is 39.1 Å². The van der Waals surface area contributed by atoms with Gasteiger partial charge in [-0.2, -0.15) is 0 Å². The summed E-state index contributed by atoms with van der Waals surface area (Å²) >= 11 is 18.0. The predicted molar refractivity (Wildman–Crippen MR) is 71.6 cm³/mol. The third-order valence-corrected chi connectivity index (χ3v) is 3.24. The van der Waals surface area contributed by atoms with Crippen LogP contribution in [0.25, 0.3) is 5.69 Å². The van der Waals surface area contributed by atoms with E-state index in [2.05, 4.69) is 10.3 Å². The van der Waals surface area contributed by atoms with Crippen LogP contribution < -0.4 is 0 Å². The molecule has 0 aliphatic heterocycles. The van der Waals surface area contributed by atoms with Gasteiger partial charge in [-0.15, -0.1) is 5.10 Å². The molecule has 0 fully saturated rings. The Kier molecular flexibility index (Phi) is 4.12. The summed E-state index contributed by atoms with van der Waals surface area (Å²) in [6.45, 7) is 1.85. The van der Waals surface area contributed by atoms with E-state index in [4.69, 9.17) is 34.8 Å². The Morgan fingerprint density at radius 3 is 2.44 bits per heavy atom. The van der Waals surface area contributed by atoms with Gasteiger partial charge in [-0.3, -0.25) is 0 Å². The number of aliphatic hydroxyl groups is 1. The molecule has 0 bridgehead atoms. The highest BCUT2D eigenvalue weighted by molar-refractivity contribution is 6.40. The SMILES string of the molecule is CCC(O)c1cn(-c2c(Cl)cc(Cl)cc2Cl)nn1. The maximum absolute atomic E-state index is 9.67. The third kappa shape index (κ3) is 2.62. The van der Waals surface area contributed by atoms with Gasteiger partial charge in [-0.05, 0) is 18.6 Å². The second-order valence-corrected chi connectivity index (χ2v) is 4.98. The molecule has 0 aliphatic rings. The van der Waals surface area contributed by atoms with Gasteiger partial charge in [0, 0.05) is 5.02 Å². The molecule has 1 aromatic heterocycles. The summed E-state index contributed by atoms with van der Waals surface area (Å²) in [5, 5.41) is 18.6. The van der Waals surface area contributed by atoms with Gasteiger partial charge in [0.15, 0.2) is 0 Å². The van der Waals surface area contributed by atoms with Gasteiger partial charge in [0.25, 0.3) is 0 Å². The van der Waals surface area contributed by atoms with E-state index in [0.29, 0.717) is 32.9 Å². The Hall–Kier alpha value is -0.810. The van der Waals surface area contributed by atoms with E-state index >= 15 is 0 Å². The molecule has 96 valence electrons. The highest BCUT2D eigenvalue weighted by Gasteiger charge is 2.15.